The molecule has 0 aliphatic carbocycles. The number of aryl methyl sites for hydroxylation is 1. The van der Waals surface area contributed by atoms with Gasteiger partial charge in [-0.2, -0.15) is 5.10 Å². The van der Waals surface area contributed by atoms with Crippen molar-refractivity contribution >= 4 is 17.7 Å². The molecule has 3 rings (SSSR count). The van der Waals surface area contributed by atoms with Crippen molar-refractivity contribution in [2.45, 2.75) is 40.0 Å². The summed E-state index contributed by atoms with van der Waals surface area (Å²) in [4.78, 5) is 39.2. The molecule has 2 heterocycles. The molecule has 1 atom stereocenters. The molecule has 1 aliphatic heterocycles. The number of piperidine rings is 1. The van der Waals surface area contributed by atoms with Crippen LogP contribution in [0.1, 0.15) is 58.8 Å². The molecule has 1 N–H and O–H groups in total. The Balaban J connectivity index is 1.88. The summed E-state index contributed by atoms with van der Waals surface area (Å²) < 4.78 is 5.42. The molecule has 1 aromatic heterocycles. The fourth-order valence-electron chi connectivity index (χ4n) is 3.93. The first-order chi connectivity index (χ1) is 13.9. The van der Waals surface area contributed by atoms with Crippen LogP contribution in [-0.2, 0) is 16.0 Å². The summed E-state index contributed by atoms with van der Waals surface area (Å²) in [5.74, 6) is -0.739. The standard InChI is InChI=1S/C22H27N3O4/c1-4-29-21(28)22(13-17-9-6-5-8-15(17)2)10-7-11-25(14-22)20(27)19-12-18(16(3)26)23-24-19/h5-6,8-9,12H,4,7,10-11,13-14H2,1-3H3,(H,23,24). The van der Waals surface area contributed by atoms with Crippen molar-refractivity contribution in [1.29, 1.82) is 0 Å². The molecule has 154 valence electrons. The van der Waals surface area contributed by atoms with E-state index in [-0.39, 0.29) is 35.6 Å². The number of ketones is 1. The third-order valence-corrected chi connectivity index (χ3v) is 5.53. The number of Topliss-reactive ketones (excluding diaryl/α,β-unsaturated/α-hetero) is 1. The fourth-order valence-corrected chi connectivity index (χ4v) is 3.93. The minimum atomic E-state index is -0.792. The molecule has 0 saturated carbocycles. The van der Waals surface area contributed by atoms with E-state index in [0.717, 1.165) is 11.1 Å². The van der Waals surface area contributed by atoms with Crippen molar-refractivity contribution < 1.29 is 19.1 Å². The number of nitrogens with one attached hydrogen (secondary N) is 1. The maximum Gasteiger partial charge on any atom is 0.314 e. The monoisotopic (exact) mass is 397 g/mol. The number of rotatable bonds is 6. The van der Waals surface area contributed by atoms with E-state index in [9.17, 15) is 14.4 Å². The van der Waals surface area contributed by atoms with Gasteiger partial charge in [-0.15, -0.1) is 0 Å². The minimum absolute atomic E-state index is 0.209. The van der Waals surface area contributed by atoms with Gasteiger partial charge in [0, 0.05) is 20.0 Å². The molecule has 2 aromatic rings. The lowest BCUT2D eigenvalue weighted by molar-refractivity contribution is -0.158. The maximum absolute atomic E-state index is 13.0. The number of H-pyrrole nitrogens is 1. The van der Waals surface area contributed by atoms with Crippen LogP contribution in [0.3, 0.4) is 0 Å². The van der Waals surface area contributed by atoms with Crippen LogP contribution in [0.5, 0.6) is 0 Å². The zero-order valence-electron chi connectivity index (χ0n) is 17.2. The van der Waals surface area contributed by atoms with Crippen LogP contribution in [-0.4, -0.2) is 52.5 Å². The number of nitrogens with zero attached hydrogens (tertiary/aromatic N) is 2. The maximum atomic E-state index is 13.0. The van der Waals surface area contributed by atoms with Gasteiger partial charge in [-0.25, -0.2) is 0 Å². The number of esters is 1. The molecule has 1 saturated heterocycles. The van der Waals surface area contributed by atoms with Crippen LogP contribution >= 0.6 is 0 Å². The third-order valence-electron chi connectivity index (χ3n) is 5.53. The van der Waals surface area contributed by atoms with E-state index in [1.807, 2.05) is 31.2 Å². The number of aromatic amines is 1. The number of amides is 1. The van der Waals surface area contributed by atoms with Gasteiger partial charge in [-0.05, 0) is 50.3 Å². The van der Waals surface area contributed by atoms with Crippen LogP contribution in [0.25, 0.3) is 0 Å². The van der Waals surface area contributed by atoms with Gasteiger partial charge < -0.3 is 9.64 Å². The Morgan fingerprint density at radius 2 is 2.03 bits per heavy atom. The van der Waals surface area contributed by atoms with E-state index < -0.39 is 5.41 Å². The number of benzene rings is 1. The highest BCUT2D eigenvalue weighted by Gasteiger charge is 2.45. The van der Waals surface area contributed by atoms with Crippen molar-refractivity contribution in [2.75, 3.05) is 19.7 Å². The molecule has 7 heteroatoms. The number of hydrogen-bond donors (Lipinski definition) is 1. The van der Waals surface area contributed by atoms with E-state index >= 15 is 0 Å². The van der Waals surface area contributed by atoms with Gasteiger partial charge in [0.2, 0.25) is 0 Å². The SMILES string of the molecule is CCOC(=O)C1(Cc2ccccc2C)CCCN(C(=O)c2cc(C(C)=O)n[nH]2)C1. The molecule has 1 unspecified atom stereocenters. The van der Waals surface area contributed by atoms with Crippen molar-refractivity contribution in [3.8, 4) is 0 Å². The number of carbonyl (C=O) groups is 3. The van der Waals surface area contributed by atoms with Crippen LogP contribution in [0.2, 0.25) is 0 Å². The number of carbonyl (C=O) groups excluding carboxylic acids is 3. The molecule has 0 spiro atoms. The molecule has 1 aromatic carbocycles. The first-order valence-corrected chi connectivity index (χ1v) is 9.93. The molecule has 29 heavy (non-hydrogen) atoms. The molecule has 1 fully saturated rings. The topological polar surface area (TPSA) is 92.4 Å². The van der Waals surface area contributed by atoms with E-state index in [2.05, 4.69) is 10.2 Å². The van der Waals surface area contributed by atoms with Gasteiger partial charge in [-0.1, -0.05) is 24.3 Å². The lowest BCUT2D eigenvalue weighted by atomic mass is 9.74. The van der Waals surface area contributed by atoms with Gasteiger partial charge >= 0.3 is 5.97 Å². The first-order valence-electron chi connectivity index (χ1n) is 9.93. The summed E-state index contributed by atoms with van der Waals surface area (Å²) in [5.41, 5.74) is 1.88. The second-order valence-corrected chi connectivity index (χ2v) is 7.66. The molecular weight excluding hydrogens is 370 g/mol. The molecule has 0 radical (unpaired) electrons. The second-order valence-electron chi connectivity index (χ2n) is 7.66. The Labute approximate surface area is 170 Å². The van der Waals surface area contributed by atoms with Gasteiger partial charge in [0.05, 0.1) is 12.0 Å². The number of likely N-dealkylation sites (tertiary alicyclic amines) is 1. The Morgan fingerprint density at radius 1 is 1.28 bits per heavy atom. The van der Waals surface area contributed by atoms with Crippen LogP contribution in [0, 0.1) is 12.3 Å². The van der Waals surface area contributed by atoms with E-state index in [4.69, 9.17) is 4.74 Å². The summed E-state index contributed by atoms with van der Waals surface area (Å²) in [6, 6.07) is 9.43. The van der Waals surface area contributed by atoms with Crippen molar-refractivity contribution in [3.63, 3.8) is 0 Å². The average molecular weight is 397 g/mol. The molecular formula is C22H27N3O4. The summed E-state index contributed by atoms with van der Waals surface area (Å²) in [6.07, 6.45) is 1.87. The minimum Gasteiger partial charge on any atom is -0.466 e. The first kappa shape index (κ1) is 20.8. The highest BCUT2D eigenvalue weighted by molar-refractivity contribution is 5.97. The molecule has 1 amide bonds. The summed E-state index contributed by atoms with van der Waals surface area (Å²) in [5, 5.41) is 6.54. The zero-order valence-corrected chi connectivity index (χ0v) is 17.2. The summed E-state index contributed by atoms with van der Waals surface area (Å²) in [7, 11) is 0. The van der Waals surface area contributed by atoms with Crippen molar-refractivity contribution in [2.24, 2.45) is 5.41 Å². The quantitative estimate of drug-likeness (QED) is 0.598. The smallest absolute Gasteiger partial charge is 0.314 e. The highest BCUT2D eigenvalue weighted by Crippen LogP contribution is 2.36. The lowest BCUT2D eigenvalue weighted by Crippen LogP contribution is -2.51. The largest absolute Gasteiger partial charge is 0.466 e. The van der Waals surface area contributed by atoms with Crippen LogP contribution in [0.15, 0.2) is 30.3 Å². The van der Waals surface area contributed by atoms with Gasteiger partial charge in [-0.3, -0.25) is 19.5 Å². The third kappa shape index (κ3) is 4.39. The second kappa shape index (κ2) is 8.59. The number of aromatic nitrogens is 2. The van der Waals surface area contributed by atoms with Crippen molar-refractivity contribution in [3.05, 3.63) is 52.8 Å². The Kier molecular flexibility index (Phi) is 6.15. The van der Waals surface area contributed by atoms with E-state index in [1.54, 1.807) is 11.8 Å². The predicted octanol–water partition coefficient (Wildman–Crippen LogP) is 2.95. The Bertz CT molecular complexity index is 920. The van der Waals surface area contributed by atoms with Crippen LogP contribution in [0.4, 0.5) is 0 Å². The van der Waals surface area contributed by atoms with Gasteiger partial charge in [0.15, 0.2) is 5.78 Å². The zero-order chi connectivity index (χ0) is 21.0. The summed E-state index contributed by atoms with van der Waals surface area (Å²) >= 11 is 0. The predicted molar refractivity (Wildman–Crippen MR) is 108 cm³/mol. The molecule has 0 bridgehead atoms. The fraction of sp³-hybridized carbons (Fsp3) is 0.455. The lowest BCUT2D eigenvalue weighted by Gasteiger charge is -2.41. The summed E-state index contributed by atoms with van der Waals surface area (Å²) in [6.45, 7) is 6.33. The van der Waals surface area contributed by atoms with Gasteiger partial charge in [0.25, 0.3) is 5.91 Å². The average Bonchev–Trinajstić information content (AvgIpc) is 3.20. The van der Waals surface area contributed by atoms with Crippen molar-refractivity contribution in [1.82, 2.24) is 15.1 Å². The van der Waals surface area contributed by atoms with Crippen LogP contribution < -0.4 is 0 Å². The number of ether oxygens (including phenoxy) is 1. The van der Waals surface area contributed by atoms with E-state index in [0.29, 0.717) is 32.4 Å². The molecule has 7 nitrogen and oxygen atoms in total. The highest BCUT2D eigenvalue weighted by atomic mass is 16.5. The van der Waals surface area contributed by atoms with E-state index in [1.165, 1.54) is 13.0 Å². The molecule has 1 aliphatic rings. The normalized spacial score (nSPS) is 19.1. The van der Waals surface area contributed by atoms with Gasteiger partial charge in [0.1, 0.15) is 11.4 Å². The number of hydrogen-bond acceptors (Lipinski definition) is 5. The Morgan fingerprint density at radius 3 is 2.69 bits per heavy atom. The Hall–Kier alpha value is -2.96.